The number of benzene rings is 1. The molecule has 1 amide bonds. The van der Waals surface area contributed by atoms with Gasteiger partial charge in [-0.3, -0.25) is 4.79 Å². The smallest absolute Gasteiger partial charge is 0.264 e. The molecule has 0 saturated carbocycles. The summed E-state index contributed by atoms with van der Waals surface area (Å²) in [7, 11) is 1.69. The van der Waals surface area contributed by atoms with Crippen molar-refractivity contribution < 1.29 is 9.18 Å². The van der Waals surface area contributed by atoms with Crippen molar-refractivity contribution >= 4 is 27.5 Å². The number of rotatable bonds is 4. The number of halogens is 1. The minimum absolute atomic E-state index is 0.124. The SMILES string of the molecule is CCc1nc(C)c2c(C)c(C(=O)N(C)Cc3ccccc3F)sc2n1. The minimum atomic E-state index is -0.301. The first-order chi connectivity index (χ1) is 11.9. The second kappa shape index (κ2) is 6.88. The Labute approximate surface area is 150 Å². The predicted octanol–water partition coefficient (Wildman–Crippen LogP) is 4.28. The van der Waals surface area contributed by atoms with Crippen molar-refractivity contribution in [3.63, 3.8) is 0 Å². The Morgan fingerprint density at radius 2 is 1.96 bits per heavy atom. The number of carbonyl (C=O) groups is 1. The Bertz CT molecular complexity index is 951. The van der Waals surface area contributed by atoms with E-state index < -0.39 is 0 Å². The van der Waals surface area contributed by atoms with E-state index in [0.717, 1.165) is 33.7 Å². The molecule has 25 heavy (non-hydrogen) atoms. The van der Waals surface area contributed by atoms with Crippen LogP contribution in [0.3, 0.4) is 0 Å². The lowest BCUT2D eigenvalue weighted by Crippen LogP contribution is -2.26. The van der Waals surface area contributed by atoms with Gasteiger partial charge in [0.05, 0.1) is 4.88 Å². The predicted molar refractivity (Wildman–Crippen MR) is 98.5 cm³/mol. The number of thiophene rings is 1. The average Bonchev–Trinajstić information content (AvgIpc) is 2.93. The van der Waals surface area contributed by atoms with Crippen molar-refractivity contribution in [2.75, 3.05) is 7.05 Å². The molecule has 0 fully saturated rings. The van der Waals surface area contributed by atoms with Gasteiger partial charge in [-0.25, -0.2) is 14.4 Å². The van der Waals surface area contributed by atoms with Crippen molar-refractivity contribution in [3.8, 4) is 0 Å². The van der Waals surface area contributed by atoms with Crippen LogP contribution in [-0.2, 0) is 13.0 Å². The van der Waals surface area contributed by atoms with Gasteiger partial charge in [-0.15, -0.1) is 11.3 Å². The van der Waals surface area contributed by atoms with Gasteiger partial charge < -0.3 is 4.90 Å². The maximum Gasteiger partial charge on any atom is 0.264 e. The first-order valence-corrected chi connectivity index (χ1v) is 8.99. The van der Waals surface area contributed by atoms with E-state index in [9.17, 15) is 9.18 Å². The molecule has 0 N–H and O–H groups in total. The van der Waals surface area contributed by atoms with Crippen molar-refractivity contribution in [1.29, 1.82) is 0 Å². The molecule has 0 spiro atoms. The van der Waals surface area contributed by atoms with Crippen LogP contribution < -0.4 is 0 Å². The van der Waals surface area contributed by atoms with Crippen molar-refractivity contribution in [2.45, 2.75) is 33.7 Å². The molecule has 0 radical (unpaired) electrons. The standard InChI is InChI=1S/C19H20FN3OS/c1-5-15-21-12(3)16-11(2)17(25-18(16)22-15)19(24)23(4)10-13-8-6-7-9-14(13)20/h6-9H,5,10H2,1-4H3. The van der Waals surface area contributed by atoms with Crippen LogP contribution in [0.2, 0.25) is 0 Å². The average molecular weight is 357 g/mol. The molecule has 4 nitrogen and oxygen atoms in total. The van der Waals surface area contributed by atoms with Crippen LogP contribution in [-0.4, -0.2) is 27.8 Å². The quantitative estimate of drug-likeness (QED) is 0.700. The van der Waals surface area contributed by atoms with Gasteiger partial charge in [0.15, 0.2) is 0 Å². The van der Waals surface area contributed by atoms with E-state index in [4.69, 9.17) is 0 Å². The van der Waals surface area contributed by atoms with E-state index in [-0.39, 0.29) is 18.3 Å². The summed E-state index contributed by atoms with van der Waals surface area (Å²) in [6.45, 7) is 6.10. The van der Waals surface area contributed by atoms with E-state index in [2.05, 4.69) is 9.97 Å². The highest BCUT2D eigenvalue weighted by molar-refractivity contribution is 7.20. The molecule has 0 bridgehead atoms. The largest absolute Gasteiger partial charge is 0.337 e. The van der Waals surface area contributed by atoms with Gasteiger partial charge >= 0.3 is 0 Å². The Morgan fingerprint density at radius 3 is 2.64 bits per heavy atom. The van der Waals surface area contributed by atoms with Crippen LogP contribution in [0.4, 0.5) is 4.39 Å². The van der Waals surface area contributed by atoms with Gasteiger partial charge in [0.2, 0.25) is 0 Å². The van der Waals surface area contributed by atoms with Gasteiger partial charge in [0.25, 0.3) is 5.91 Å². The van der Waals surface area contributed by atoms with E-state index in [0.29, 0.717) is 10.4 Å². The number of aromatic nitrogens is 2. The van der Waals surface area contributed by atoms with E-state index in [1.165, 1.54) is 17.4 Å². The van der Waals surface area contributed by atoms with Crippen LogP contribution in [0, 0.1) is 19.7 Å². The zero-order valence-corrected chi connectivity index (χ0v) is 15.6. The topological polar surface area (TPSA) is 46.1 Å². The lowest BCUT2D eigenvalue weighted by atomic mass is 10.1. The number of carbonyl (C=O) groups excluding carboxylic acids is 1. The number of fused-ring (bicyclic) bond motifs is 1. The molecule has 0 unspecified atom stereocenters. The van der Waals surface area contributed by atoms with Crippen molar-refractivity contribution in [1.82, 2.24) is 14.9 Å². The number of nitrogens with zero attached hydrogens (tertiary/aromatic N) is 3. The molecule has 6 heteroatoms. The van der Waals surface area contributed by atoms with Gasteiger partial charge in [0.1, 0.15) is 16.5 Å². The van der Waals surface area contributed by atoms with E-state index in [1.807, 2.05) is 20.8 Å². The first kappa shape index (κ1) is 17.5. The van der Waals surface area contributed by atoms with Crippen LogP contribution in [0.5, 0.6) is 0 Å². The Kier molecular flexibility index (Phi) is 4.81. The monoisotopic (exact) mass is 357 g/mol. The number of hydrogen-bond donors (Lipinski definition) is 0. The molecule has 0 saturated heterocycles. The third kappa shape index (κ3) is 3.26. The molecule has 0 aliphatic heterocycles. The zero-order chi connectivity index (χ0) is 18.1. The number of hydrogen-bond acceptors (Lipinski definition) is 4. The molecule has 2 aromatic heterocycles. The van der Waals surface area contributed by atoms with Crippen LogP contribution in [0.25, 0.3) is 10.2 Å². The van der Waals surface area contributed by atoms with Crippen LogP contribution >= 0.6 is 11.3 Å². The lowest BCUT2D eigenvalue weighted by molar-refractivity contribution is 0.0788. The Balaban J connectivity index is 1.95. The maximum atomic E-state index is 13.8. The first-order valence-electron chi connectivity index (χ1n) is 8.17. The zero-order valence-electron chi connectivity index (χ0n) is 14.8. The Morgan fingerprint density at radius 1 is 1.24 bits per heavy atom. The van der Waals surface area contributed by atoms with Crippen LogP contribution in [0.15, 0.2) is 24.3 Å². The molecular weight excluding hydrogens is 337 g/mol. The third-order valence-electron chi connectivity index (χ3n) is 4.24. The fraction of sp³-hybridized carbons (Fsp3) is 0.316. The summed E-state index contributed by atoms with van der Waals surface area (Å²) in [5.74, 6) is 0.357. The van der Waals surface area contributed by atoms with E-state index in [1.54, 1.807) is 30.1 Å². The molecule has 0 aliphatic rings. The highest BCUT2D eigenvalue weighted by atomic mass is 32.1. The maximum absolute atomic E-state index is 13.8. The highest BCUT2D eigenvalue weighted by Gasteiger charge is 2.22. The normalized spacial score (nSPS) is 11.1. The summed E-state index contributed by atoms with van der Waals surface area (Å²) in [5.41, 5.74) is 2.29. The summed E-state index contributed by atoms with van der Waals surface area (Å²) in [5, 5.41) is 0.949. The molecule has 0 aliphatic carbocycles. The van der Waals surface area contributed by atoms with Crippen LogP contribution in [0.1, 0.15) is 39.2 Å². The summed E-state index contributed by atoms with van der Waals surface area (Å²) in [6.07, 6.45) is 0.754. The second-order valence-corrected chi connectivity index (χ2v) is 7.07. The molecule has 3 rings (SSSR count). The van der Waals surface area contributed by atoms with Gasteiger partial charge in [-0.1, -0.05) is 25.1 Å². The fourth-order valence-corrected chi connectivity index (χ4v) is 4.13. The lowest BCUT2D eigenvalue weighted by Gasteiger charge is -2.17. The highest BCUT2D eigenvalue weighted by Crippen LogP contribution is 2.32. The van der Waals surface area contributed by atoms with Crippen molar-refractivity contribution in [3.05, 3.63) is 57.6 Å². The molecule has 2 heterocycles. The molecule has 1 aromatic carbocycles. The van der Waals surface area contributed by atoms with Crippen molar-refractivity contribution in [2.24, 2.45) is 0 Å². The third-order valence-corrected chi connectivity index (χ3v) is 5.41. The number of aryl methyl sites for hydroxylation is 3. The van der Waals surface area contributed by atoms with Gasteiger partial charge in [-0.05, 0) is 25.5 Å². The fourth-order valence-electron chi connectivity index (χ4n) is 2.88. The summed E-state index contributed by atoms with van der Waals surface area (Å²) < 4.78 is 13.8. The van der Waals surface area contributed by atoms with Gasteiger partial charge in [-0.2, -0.15) is 0 Å². The number of amides is 1. The molecule has 3 aromatic rings. The molecule has 0 atom stereocenters. The van der Waals surface area contributed by atoms with E-state index >= 15 is 0 Å². The summed E-state index contributed by atoms with van der Waals surface area (Å²) in [4.78, 5) is 25.0. The molecular formula is C19H20FN3OS. The minimum Gasteiger partial charge on any atom is -0.337 e. The summed E-state index contributed by atoms with van der Waals surface area (Å²) >= 11 is 1.38. The second-order valence-electron chi connectivity index (χ2n) is 6.07. The molecule has 130 valence electrons. The summed E-state index contributed by atoms with van der Waals surface area (Å²) in [6, 6.07) is 6.51. The Hall–Kier alpha value is -2.34. The van der Waals surface area contributed by atoms with Gasteiger partial charge in [0, 0.05) is 36.7 Å².